The molecule has 0 N–H and O–H groups in total. The number of carbonyl (C=O) groups excluding carboxylic acids is 3. The Morgan fingerprint density at radius 3 is 2.28 bits per heavy atom. The molecule has 8 nitrogen and oxygen atoms in total. The number of carbonyl (C=O) groups is 3. The highest BCUT2D eigenvalue weighted by Gasteiger charge is 2.42. The Hall–Kier alpha value is -2.77. The van der Waals surface area contributed by atoms with Gasteiger partial charge < -0.3 is 18.9 Å². The van der Waals surface area contributed by atoms with Gasteiger partial charge in [-0.2, -0.15) is 0 Å². The maximum absolute atomic E-state index is 12.4. The maximum atomic E-state index is 12.4. The Kier molecular flexibility index (Phi) is 5.51. The summed E-state index contributed by atoms with van der Waals surface area (Å²) >= 11 is 0. The molecule has 1 aliphatic heterocycles. The van der Waals surface area contributed by atoms with Gasteiger partial charge in [0, 0.05) is 6.07 Å². The smallest absolute Gasteiger partial charge is 0.326 e. The summed E-state index contributed by atoms with van der Waals surface area (Å²) in [6.07, 6.45) is 0.369. The Bertz CT molecular complexity index is 713. The number of benzene rings is 1. The van der Waals surface area contributed by atoms with Gasteiger partial charge in [-0.3, -0.25) is 19.3 Å². The first-order chi connectivity index (χ1) is 11.9. The van der Waals surface area contributed by atoms with Crippen LogP contribution in [0.3, 0.4) is 0 Å². The summed E-state index contributed by atoms with van der Waals surface area (Å²) in [5.74, 6) is -1.63. The molecule has 0 bridgehead atoms. The predicted octanol–water partition coefficient (Wildman–Crippen LogP) is 1.58. The average Bonchev–Trinajstić information content (AvgIpc) is 2.84. The van der Waals surface area contributed by atoms with Crippen molar-refractivity contribution >= 4 is 23.3 Å². The molecule has 0 saturated heterocycles. The second-order valence-corrected chi connectivity index (χ2v) is 5.47. The van der Waals surface area contributed by atoms with E-state index in [1.54, 1.807) is 6.92 Å². The van der Waals surface area contributed by atoms with Crippen molar-refractivity contribution in [1.82, 2.24) is 0 Å². The zero-order valence-corrected chi connectivity index (χ0v) is 14.9. The van der Waals surface area contributed by atoms with Crippen molar-refractivity contribution in [3.05, 3.63) is 11.6 Å². The molecule has 1 unspecified atom stereocenters. The van der Waals surface area contributed by atoms with E-state index in [0.29, 0.717) is 6.42 Å². The Morgan fingerprint density at radius 1 is 1.12 bits per heavy atom. The number of fused-ring (bicyclic) bond motifs is 1. The van der Waals surface area contributed by atoms with E-state index in [9.17, 15) is 14.4 Å². The number of methoxy groups -OCH3 is 3. The fourth-order valence-electron chi connectivity index (χ4n) is 2.55. The van der Waals surface area contributed by atoms with E-state index in [1.807, 2.05) is 6.92 Å². The van der Waals surface area contributed by atoms with Gasteiger partial charge in [-0.05, 0) is 13.3 Å². The Balaban J connectivity index is 2.47. The summed E-state index contributed by atoms with van der Waals surface area (Å²) in [6.45, 7) is 3.25. The van der Waals surface area contributed by atoms with Crippen molar-refractivity contribution < 1.29 is 33.3 Å². The van der Waals surface area contributed by atoms with Gasteiger partial charge in [0.05, 0.1) is 38.7 Å². The maximum Gasteiger partial charge on any atom is 0.326 e. The molecule has 0 saturated carbocycles. The third kappa shape index (κ3) is 3.24. The molecule has 1 heterocycles. The molecule has 0 fully saturated rings. The van der Waals surface area contributed by atoms with Gasteiger partial charge in [0.15, 0.2) is 11.5 Å². The van der Waals surface area contributed by atoms with Crippen LogP contribution in [0.25, 0.3) is 0 Å². The third-order valence-corrected chi connectivity index (χ3v) is 3.96. The highest BCUT2D eigenvalue weighted by molar-refractivity contribution is 6.53. The molecule has 1 amide bonds. The first-order valence-electron chi connectivity index (χ1n) is 7.78. The van der Waals surface area contributed by atoms with Crippen molar-refractivity contribution in [2.45, 2.75) is 26.4 Å². The molecule has 136 valence electrons. The van der Waals surface area contributed by atoms with Gasteiger partial charge in [0.25, 0.3) is 11.7 Å². The van der Waals surface area contributed by atoms with Crippen LogP contribution in [0.2, 0.25) is 0 Å². The van der Waals surface area contributed by atoms with E-state index in [1.165, 1.54) is 27.4 Å². The number of rotatable bonds is 7. The number of hydrogen-bond donors (Lipinski definition) is 0. The summed E-state index contributed by atoms with van der Waals surface area (Å²) in [5.41, 5.74) is 0.270. The third-order valence-electron chi connectivity index (χ3n) is 3.96. The van der Waals surface area contributed by atoms with E-state index >= 15 is 0 Å². The first kappa shape index (κ1) is 18.6. The molecule has 8 heteroatoms. The largest absolute Gasteiger partial charge is 0.493 e. The fraction of sp³-hybridized carbons (Fsp3) is 0.471. The molecule has 1 aliphatic rings. The van der Waals surface area contributed by atoms with E-state index in [2.05, 4.69) is 0 Å². The Labute approximate surface area is 145 Å². The molecule has 0 aromatic heterocycles. The van der Waals surface area contributed by atoms with Crippen LogP contribution >= 0.6 is 0 Å². The topological polar surface area (TPSA) is 91.4 Å². The number of anilines is 1. The van der Waals surface area contributed by atoms with Crippen molar-refractivity contribution in [2.24, 2.45) is 0 Å². The van der Waals surface area contributed by atoms with Crippen LogP contribution in [0.5, 0.6) is 17.2 Å². The summed E-state index contributed by atoms with van der Waals surface area (Å²) in [6, 6.07) is 1.47. The minimum atomic E-state index is -0.829. The number of esters is 1. The monoisotopic (exact) mass is 351 g/mol. The zero-order valence-electron chi connectivity index (χ0n) is 14.9. The van der Waals surface area contributed by atoms with Crippen LogP contribution in [0.4, 0.5) is 5.69 Å². The second-order valence-electron chi connectivity index (χ2n) is 5.47. The molecule has 0 spiro atoms. The predicted molar refractivity (Wildman–Crippen MR) is 88.6 cm³/mol. The molecule has 2 rings (SSSR count). The first-order valence-corrected chi connectivity index (χ1v) is 7.78. The molecular weight excluding hydrogens is 330 g/mol. The van der Waals surface area contributed by atoms with Gasteiger partial charge in [0.1, 0.15) is 6.54 Å². The number of ketones is 1. The van der Waals surface area contributed by atoms with Gasteiger partial charge in [-0.1, -0.05) is 6.92 Å². The van der Waals surface area contributed by atoms with Crippen molar-refractivity contribution in [1.29, 1.82) is 0 Å². The minimum absolute atomic E-state index is 0.0430. The SMILES string of the molecule is CCC(C)OC(=O)CN1C(=O)C(=O)c2c1cc(OC)c(OC)c2OC. The lowest BCUT2D eigenvalue weighted by molar-refractivity contribution is -0.147. The standard InChI is InChI=1S/C17H21NO7/c1-6-9(2)25-12(19)8-18-10-7-11(22-3)15(23-4)16(24-5)13(10)14(20)17(18)21/h7,9H,6,8H2,1-5H3. The van der Waals surface area contributed by atoms with Crippen LogP contribution < -0.4 is 19.1 Å². The summed E-state index contributed by atoms with van der Waals surface area (Å²) in [7, 11) is 4.17. The van der Waals surface area contributed by atoms with E-state index in [-0.39, 0.29) is 41.1 Å². The second kappa shape index (κ2) is 7.42. The minimum Gasteiger partial charge on any atom is -0.493 e. The van der Waals surface area contributed by atoms with Gasteiger partial charge in [-0.25, -0.2) is 0 Å². The number of ether oxygens (including phenoxy) is 4. The van der Waals surface area contributed by atoms with Gasteiger partial charge >= 0.3 is 5.97 Å². The van der Waals surface area contributed by atoms with E-state index in [4.69, 9.17) is 18.9 Å². The Morgan fingerprint density at radius 2 is 1.76 bits per heavy atom. The molecule has 25 heavy (non-hydrogen) atoms. The molecule has 1 aromatic rings. The quantitative estimate of drug-likeness (QED) is 0.544. The van der Waals surface area contributed by atoms with E-state index < -0.39 is 17.7 Å². The molecule has 0 aliphatic carbocycles. The lowest BCUT2D eigenvalue weighted by atomic mass is 10.1. The highest BCUT2D eigenvalue weighted by atomic mass is 16.5. The van der Waals surface area contributed by atoms with Gasteiger partial charge in [-0.15, -0.1) is 0 Å². The van der Waals surface area contributed by atoms with Crippen LogP contribution in [-0.2, 0) is 14.3 Å². The van der Waals surface area contributed by atoms with Gasteiger partial charge in [0.2, 0.25) is 5.75 Å². The van der Waals surface area contributed by atoms with Crippen LogP contribution in [-0.4, -0.2) is 51.6 Å². The van der Waals surface area contributed by atoms with Crippen LogP contribution in [0.15, 0.2) is 6.07 Å². The van der Waals surface area contributed by atoms with Crippen molar-refractivity contribution in [3.63, 3.8) is 0 Å². The highest BCUT2D eigenvalue weighted by Crippen LogP contribution is 2.47. The van der Waals surface area contributed by atoms with Crippen molar-refractivity contribution in [3.8, 4) is 17.2 Å². The molecule has 1 aromatic carbocycles. The van der Waals surface area contributed by atoms with Crippen LogP contribution in [0, 0.1) is 0 Å². The zero-order chi connectivity index (χ0) is 18.7. The lowest BCUT2D eigenvalue weighted by Gasteiger charge is -2.20. The average molecular weight is 351 g/mol. The number of Topliss-reactive ketones (excluding diaryl/α,β-unsaturated/α-hetero) is 1. The molecular formula is C17H21NO7. The van der Waals surface area contributed by atoms with Crippen LogP contribution in [0.1, 0.15) is 30.6 Å². The molecule has 1 atom stereocenters. The number of hydrogen-bond acceptors (Lipinski definition) is 7. The van der Waals surface area contributed by atoms with Crippen molar-refractivity contribution in [2.75, 3.05) is 32.8 Å². The summed E-state index contributed by atoms with van der Waals surface area (Å²) < 4.78 is 20.9. The lowest BCUT2D eigenvalue weighted by Crippen LogP contribution is -2.36. The fourth-order valence-corrected chi connectivity index (χ4v) is 2.55. The normalized spacial score (nSPS) is 14.2. The number of nitrogens with zero attached hydrogens (tertiary/aromatic N) is 1. The van der Waals surface area contributed by atoms with E-state index in [0.717, 1.165) is 4.90 Å². The number of amides is 1. The molecule has 0 radical (unpaired) electrons. The summed E-state index contributed by atoms with van der Waals surface area (Å²) in [5, 5.41) is 0. The summed E-state index contributed by atoms with van der Waals surface area (Å²) in [4.78, 5) is 37.9.